The van der Waals surface area contributed by atoms with Crippen molar-refractivity contribution in [3.63, 3.8) is 0 Å². The van der Waals surface area contributed by atoms with Gasteiger partial charge in [0.15, 0.2) is 0 Å². The molecule has 0 radical (unpaired) electrons. The molecule has 2 rings (SSSR count). The standard InChI is InChI=1S/C17H18O3S/c1-21(20)15(12-17(18)19)11-14-9-5-6-10-16(14)13-7-3-2-4-8-13/h2-10,15H,11-12H2,1H3,(H,18,19). The summed E-state index contributed by atoms with van der Waals surface area (Å²) in [5.41, 5.74) is 3.19. The maximum absolute atomic E-state index is 11.8. The number of carbonyl (C=O) groups is 1. The van der Waals surface area contributed by atoms with E-state index < -0.39 is 16.8 Å². The molecule has 2 aromatic carbocycles. The Hall–Kier alpha value is -1.94. The van der Waals surface area contributed by atoms with E-state index in [0.717, 1.165) is 16.7 Å². The van der Waals surface area contributed by atoms with Crippen LogP contribution in [0.5, 0.6) is 0 Å². The summed E-state index contributed by atoms with van der Waals surface area (Å²) >= 11 is 0. The fourth-order valence-electron chi connectivity index (χ4n) is 2.34. The number of rotatable bonds is 6. The highest BCUT2D eigenvalue weighted by atomic mass is 32.2. The van der Waals surface area contributed by atoms with Gasteiger partial charge in [0.05, 0.1) is 6.42 Å². The minimum absolute atomic E-state index is 0.0771. The number of carboxylic acid groups (broad SMARTS) is 1. The van der Waals surface area contributed by atoms with Gasteiger partial charge in [0.1, 0.15) is 0 Å². The minimum atomic E-state index is -1.17. The zero-order valence-corrected chi connectivity index (χ0v) is 12.7. The van der Waals surface area contributed by atoms with Crippen LogP contribution in [0.25, 0.3) is 11.1 Å². The second-order valence-corrected chi connectivity index (χ2v) is 6.61. The summed E-state index contributed by atoms with van der Waals surface area (Å²) in [4.78, 5) is 10.9. The number of aliphatic carboxylic acids is 1. The summed E-state index contributed by atoms with van der Waals surface area (Å²) in [5.74, 6) is -0.910. The van der Waals surface area contributed by atoms with E-state index in [-0.39, 0.29) is 11.7 Å². The lowest BCUT2D eigenvalue weighted by Crippen LogP contribution is -2.21. The molecule has 3 nitrogen and oxygen atoms in total. The first-order valence-corrected chi connectivity index (χ1v) is 8.37. The molecule has 0 saturated heterocycles. The molecule has 0 aliphatic rings. The lowest BCUT2D eigenvalue weighted by atomic mass is 9.96. The topological polar surface area (TPSA) is 54.4 Å². The van der Waals surface area contributed by atoms with Crippen molar-refractivity contribution in [1.29, 1.82) is 0 Å². The quantitative estimate of drug-likeness (QED) is 0.892. The molecule has 4 heteroatoms. The Kier molecular flexibility index (Phi) is 5.28. The molecule has 0 amide bonds. The lowest BCUT2D eigenvalue weighted by Gasteiger charge is -2.15. The van der Waals surface area contributed by atoms with Gasteiger partial charge in [-0.25, -0.2) is 0 Å². The Labute approximate surface area is 127 Å². The Morgan fingerprint density at radius 1 is 1.10 bits per heavy atom. The average molecular weight is 302 g/mol. The fraction of sp³-hybridized carbons (Fsp3) is 0.235. The molecule has 1 N–H and O–H groups in total. The molecule has 0 bridgehead atoms. The Balaban J connectivity index is 2.32. The summed E-state index contributed by atoms with van der Waals surface area (Å²) in [6.45, 7) is 0. The Morgan fingerprint density at radius 2 is 1.71 bits per heavy atom. The van der Waals surface area contributed by atoms with Crippen LogP contribution in [-0.4, -0.2) is 26.8 Å². The molecule has 110 valence electrons. The first-order chi connectivity index (χ1) is 10.1. The molecule has 21 heavy (non-hydrogen) atoms. The van der Waals surface area contributed by atoms with Crippen LogP contribution in [0.1, 0.15) is 12.0 Å². The van der Waals surface area contributed by atoms with Gasteiger partial charge in [-0.05, 0) is 23.1 Å². The first-order valence-electron chi connectivity index (χ1n) is 6.75. The third-order valence-corrected chi connectivity index (χ3v) is 4.69. The molecule has 0 aromatic heterocycles. The van der Waals surface area contributed by atoms with Crippen LogP contribution in [0, 0.1) is 0 Å². The summed E-state index contributed by atoms with van der Waals surface area (Å²) in [7, 11) is -1.17. The van der Waals surface area contributed by atoms with Crippen LogP contribution < -0.4 is 0 Å². The largest absolute Gasteiger partial charge is 0.481 e. The smallest absolute Gasteiger partial charge is 0.304 e. The molecular weight excluding hydrogens is 284 g/mol. The molecule has 0 aliphatic carbocycles. The zero-order valence-electron chi connectivity index (χ0n) is 11.9. The van der Waals surface area contributed by atoms with E-state index in [1.807, 2.05) is 54.6 Å². The summed E-state index contributed by atoms with van der Waals surface area (Å²) in [5, 5.41) is 8.59. The SMILES string of the molecule is CS(=O)C(CC(=O)O)Cc1ccccc1-c1ccccc1. The molecular formula is C17H18O3S. The van der Waals surface area contributed by atoms with Crippen LogP contribution in [0.15, 0.2) is 54.6 Å². The predicted molar refractivity (Wildman–Crippen MR) is 85.7 cm³/mol. The Morgan fingerprint density at radius 3 is 2.33 bits per heavy atom. The van der Waals surface area contributed by atoms with Gasteiger partial charge < -0.3 is 5.11 Å². The van der Waals surface area contributed by atoms with E-state index in [9.17, 15) is 9.00 Å². The van der Waals surface area contributed by atoms with Gasteiger partial charge in [-0.1, -0.05) is 54.6 Å². The number of hydrogen-bond acceptors (Lipinski definition) is 2. The van der Waals surface area contributed by atoms with E-state index in [1.54, 1.807) is 6.26 Å². The molecule has 0 heterocycles. The fourth-order valence-corrected chi connectivity index (χ4v) is 3.14. The second kappa shape index (κ2) is 7.18. The van der Waals surface area contributed by atoms with Gasteiger partial charge in [-0.2, -0.15) is 0 Å². The van der Waals surface area contributed by atoms with Gasteiger partial charge in [-0.15, -0.1) is 0 Å². The van der Waals surface area contributed by atoms with Crippen molar-refractivity contribution in [3.8, 4) is 11.1 Å². The number of carboxylic acids is 1. The van der Waals surface area contributed by atoms with Crippen LogP contribution in [0.4, 0.5) is 0 Å². The molecule has 0 spiro atoms. The van der Waals surface area contributed by atoms with E-state index in [4.69, 9.17) is 5.11 Å². The molecule has 0 fully saturated rings. The average Bonchev–Trinajstić information content (AvgIpc) is 2.47. The minimum Gasteiger partial charge on any atom is -0.481 e. The van der Waals surface area contributed by atoms with Crippen molar-refractivity contribution in [2.24, 2.45) is 0 Å². The van der Waals surface area contributed by atoms with Crippen molar-refractivity contribution in [2.75, 3.05) is 6.26 Å². The van der Waals surface area contributed by atoms with E-state index in [1.165, 1.54) is 0 Å². The highest BCUT2D eigenvalue weighted by Gasteiger charge is 2.19. The summed E-state index contributed by atoms with van der Waals surface area (Å²) in [6.07, 6.45) is 1.99. The van der Waals surface area contributed by atoms with Crippen molar-refractivity contribution < 1.29 is 14.1 Å². The summed E-state index contributed by atoms with van der Waals surface area (Å²) < 4.78 is 11.8. The third kappa shape index (κ3) is 4.26. The molecule has 2 unspecified atom stereocenters. The maximum Gasteiger partial charge on any atom is 0.304 e. The van der Waals surface area contributed by atoms with E-state index in [0.29, 0.717) is 6.42 Å². The predicted octanol–water partition coefficient (Wildman–Crippen LogP) is 3.12. The van der Waals surface area contributed by atoms with Gasteiger partial charge in [0.25, 0.3) is 0 Å². The van der Waals surface area contributed by atoms with Crippen LogP contribution in [0.2, 0.25) is 0 Å². The molecule has 0 aliphatic heterocycles. The lowest BCUT2D eigenvalue weighted by molar-refractivity contribution is -0.137. The van der Waals surface area contributed by atoms with Crippen LogP contribution in [-0.2, 0) is 22.0 Å². The van der Waals surface area contributed by atoms with Gasteiger partial charge in [-0.3, -0.25) is 9.00 Å². The van der Waals surface area contributed by atoms with E-state index in [2.05, 4.69) is 0 Å². The first kappa shape index (κ1) is 15.4. The van der Waals surface area contributed by atoms with Crippen LogP contribution in [0.3, 0.4) is 0 Å². The monoisotopic (exact) mass is 302 g/mol. The highest BCUT2D eigenvalue weighted by molar-refractivity contribution is 7.84. The number of benzene rings is 2. The van der Waals surface area contributed by atoms with Gasteiger partial charge >= 0.3 is 5.97 Å². The third-order valence-electron chi connectivity index (χ3n) is 3.42. The zero-order chi connectivity index (χ0) is 15.2. The van der Waals surface area contributed by atoms with Crippen molar-refractivity contribution in [1.82, 2.24) is 0 Å². The summed E-state index contributed by atoms with van der Waals surface area (Å²) in [6, 6.07) is 17.8. The molecule has 2 aromatic rings. The molecule has 0 saturated carbocycles. The maximum atomic E-state index is 11.8. The van der Waals surface area contributed by atoms with Crippen molar-refractivity contribution in [2.45, 2.75) is 18.1 Å². The second-order valence-electron chi connectivity index (χ2n) is 4.95. The highest BCUT2D eigenvalue weighted by Crippen LogP contribution is 2.25. The number of hydrogen-bond donors (Lipinski definition) is 1. The van der Waals surface area contributed by atoms with Crippen molar-refractivity contribution in [3.05, 3.63) is 60.2 Å². The van der Waals surface area contributed by atoms with Crippen LogP contribution >= 0.6 is 0 Å². The van der Waals surface area contributed by atoms with Gasteiger partial charge in [0.2, 0.25) is 0 Å². The van der Waals surface area contributed by atoms with Gasteiger partial charge in [0, 0.05) is 22.3 Å². The van der Waals surface area contributed by atoms with Crippen molar-refractivity contribution >= 4 is 16.8 Å². The Bertz CT molecular complexity index is 637. The molecule has 2 atom stereocenters. The van der Waals surface area contributed by atoms with E-state index >= 15 is 0 Å². The normalized spacial score (nSPS) is 13.6.